The molecule has 1 aromatic heterocycles. The third-order valence-electron chi connectivity index (χ3n) is 7.60. The normalized spacial score (nSPS) is 33.4. The summed E-state index contributed by atoms with van der Waals surface area (Å²) in [5, 5.41) is 0. The molecule has 1 atom stereocenters. The second kappa shape index (κ2) is 8.14. The van der Waals surface area contributed by atoms with Gasteiger partial charge in [-0.3, -0.25) is 9.80 Å². The zero-order valence-electron chi connectivity index (χ0n) is 16.7. The van der Waals surface area contributed by atoms with E-state index in [2.05, 4.69) is 27.1 Å². The van der Waals surface area contributed by atoms with Crippen LogP contribution in [0.3, 0.4) is 0 Å². The van der Waals surface area contributed by atoms with E-state index in [4.69, 9.17) is 9.97 Å². The fourth-order valence-electron chi connectivity index (χ4n) is 5.88. The van der Waals surface area contributed by atoms with Crippen LogP contribution >= 0.6 is 0 Å². The van der Waals surface area contributed by atoms with Gasteiger partial charge in [0.15, 0.2) is 0 Å². The Kier molecular flexibility index (Phi) is 5.43. The number of hydrogen-bond acceptors (Lipinski definition) is 5. The van der Waals surface area contributed by atoms with Gasteiger partial charge < -0.3 is 4.90 Å². The topological polar surface area (TPSA) is 35.5 Å². The van der Waals surface area contributed by atoms with Crippen LogP contribution in [0.5, 0.6) is 0 Å². The molecule has 5 heteroatoms. The highest BCUT2D eigenvalue weighted by Gasteiger charge is 2.38. The van der Waals surface area contributed by atoms with Crippen molar-refractivity contribution in [1.29, 1.82) is 0 Å². The number of piperazine rings is 1. The highest BCUT2D eigenvalue weighted by atomic mass is 15.3. The Hall–Kier alpha value is -1.04. The van der Waals surface area contributed by atoms with Crippen molar-refractivity contribution in [3.05, 3.63) is 23.8 Å². The van der Waals surface area contributed by atoms with Crippen LogP contribution in [0.15, 0.2) is 12.4 Å². The molecule has 148 valence electrons. The summed E-state index contributed by atoms with van der Waals surface area (Å²) in [5.41, 5.74) is 1.28. The van der Waals surface area contributed by atoms with Gasteiger partial charge in [0.05, 0.1) is 0 Å². The maximum atomic E-state index is 4.73. The Labute approximate surface area is 164 Å². The molecule has 5 heterocycles. The Morgan fingerprint density at radius 3 is 2.15 bits per heavy atom. The lowest BCUT2D eigenvalue weighted by Crippen LogP contribution is -2.60. The summed E-state index contributed by atoms with van der Waals surface area (Å²) < 4.78 is 0. The van der Waals surface area contributed by atoms with Gasteiger partial charge in [0.1, 0.15) is 5.82 Å². The van der Waals surface area contributed by atoms with E-state index in [-0.39, 0.29) is 0 Å². The number of nitrogens with zero attached hydrogens (tertiary/aromatic N) is 5. The van der Waals surface area contributed by atoms with Gasteiger partial charge in [-0.25, -0.2) is 9.97 Å². The SMILES string of the molecule is c1nc(C2CCCCC2)ncc1CN1CCN(C2CN3CCC2CC3)CC1. The summed E-state index contributed by atoms with van der Waals surface area (Å²) in [6.45, 7) is 9.86. The van der Waals surface area contributed by atoms with Crippen molar-refractivity contribution in [1.82, 2.24) is 24.7 Å². The first-order valence-electron chi connectivity index (χ1n) is 11.3. The van der Waals surface area contributed by atoms with E-state index >= 15 is 0 Å². The van der Waals surface area contributed by atoms with Gasteiger partial charge >= 0.3 is 0 Å². The van der Waals surface area contributed by atoms with Crippen molar-refractivity contribution in [3.8, 4) is 0 Å². The molecule has 0 radical (unpaired) electrons. The average Bonchev–Trinajstić information content (AvgIpc) is 2.76. The minimum absolute atomic E-state index is 0.609. The van der Waals surface area contributed by atoms with E-state index in [1.807, 2.05) is 0 Å². The molecular weight excluding hydrogens is 334 g/mol. The third-order valence-corrected chi connectivity index (χ3v) is 7.60. The van der Waals surface area contributed by atoms with Crippen molar-refractivity contribution in [2.45, 2.75) is 63.5 Å². The van der Waals surface area contributed by atoms with Crippen LogP contribution in [0.2, 0.25) is 0 Å². The third kappa shape index (κ3) is 4.06. The minimum Gasteiger partial charge on any atom is -0.302 e. The minimum atomic E-state index is 0.609. The van der Waals surface area contributed by atoms with E-state index in [9.17, 15) is 0 Å². The van der Waals surface area contributed by atoms with Crippen LogP contribution in [-0.4, -0.2) is 76.5 Å². The molecule has 0 N–H and O–H groups in total. The number of piperidine rings is 3. The van der Waals surface area contributed by atoms with Crippen LogP contribution < -0.4 is 0 Å². The summed E-state index contributed by atoms with van der Waals surface area (Å²) in [4.78, 5) is 17.5. The van der Waals surface area contributed by atoms with E-state index < -0.39 is 0 Å². The van der Waals surface area contributed by atoms with Gasteiger partial charge in [0.25, 0.3) is 0 Å². The summed E-state index contributed by atoms with van der Waals surface area (Å²) in [5.74, 6) is 2.66. The number of fused-ring (bicyclic) bond motifs is 3. The largest absolute Gasteiger partial charge is 0.302 e. The van der Waals surface area contributed by atoms with Gasteiger partial charge in [0.2, 0.25) is 0 Å². The molecule has 6 rings (SSSR count). The Bertz CT molecular complexity index is 596. The van der Waals surface area contributed by atoms with Gasteiger partial charge in [-0.15, -0.1) is 0 Å². The second-order valence-corrected chi connectivity index (χ2v) is 9.30. The Balaban J connectivity index is 1.12. The molecule has 4 saturated heterocycles. The molecular formula is C22H35N5. The molecule has 0 aromatic carbocycles. The van der Waals surface area contributed by atoms with Crippen LogP contribution in [0.4, 0.5) is 0 Å². The summed E-state index contributed by atoms with van der Waals surface area (Å²) in [7, 11) is 0. The van der Waals surface area contributed by atoms with Crippen LogP contribution in [0.1, 0.15) is 62.3 Å². The Morgan fingerprint density at radius 1 is 0.815 bits per heavy atom. The molecule has 1 aromatic rings. The molecule has 0 spiro atoms. The number of hydrogen-bond donors (Lipinski definition) is 0. The molecule has 5 aliphatic rings. The fourth-order valence-corrected chi connectivity index (χ4v) is 5.88. The van der Waals surface area contributed by atoms with E-state index in [1.165, 1.54) is 96.3 Å². The maximum Gasteiger partial charge on any atom is 0.131 e. The van der Waals surface area contributed by atoms with Crippen molar-refractivity contribution in [2.24, 2.45) is 5.92 Å². The first-order valence-corrected chi connectivity index (χ1v) is 11.3. The first kappa shape index (κ1) is 18.0. The van der Waals surface area contributed by atoms with Gasteiger partial charge in [-0.05, 0) is 44.7 Å². The summed E-state index contributed by atoms with van der Waals surface area (Å²) in [6, 6.07) is 0.827. The lowest BCUT2D eigenvalue weighted by atomic mass is 9.83. The van der Waals surface area contributed by atoms with Gasteiger partial charge in [0, 0.05) is 69.2 Å². The monoisotopic (exact) mass is 369 g/mol. The molecule has 4 aliphatic heterocycles. The zero-order chi connectivity index (χ0) is 18.1. The van der Waals surface area contributed by atoms with Crippen LogP contribution in [0.25, 0.3) is 0 Å². The highest BCUT2D eigenvalue weighted by molar-refractivity contribution is 5.08. The second-order valence-electron chi connectivity index (χ2n) is 9.30. The smallest absolute Gasteiger partial charge is 0.131 e. The lowest BCUT2D eigenvalue weighted by molar-refractivity contribution is -0.0162. The standard InChI is InChI=1S/C22H35N5/c1-2-4-20(5-3-1)22-23-14-18(15-24-22)16-26-10-12-27(13-11-26)21-17-25-8-6-19(21)7-9-25/h14-15,19-21H,1-13,16-17H2. The lowest BCUT2D eigenvalue weighted by Gasteiger charge is -2.51. The molecule has 2 bridgehead atoms. The average molecular weight is 370 g/mol. The van der Waals surface area contributed by atoms with Crippen molar-refractivity contribution >= 4 is 0 Å². The highest BCUT2D eigenvalue weighted by Crippen LogP contribution is 2.32. The predicted octanol–water partition coefficient (Wildman–Crippen LogP) is 2.74. The van der Waals surface area contributed by atoms with Crippen molar-refractivity contribution in [2.75, 3.05) is 45.8 Å². The summed E-state index contributed by atoms with van der Waals surface area (Å²) in [6.07, 6.45) is 13.7. The molecule has 0 amide bonds. The molecule has 1 aliphatic carbocycles. The van der Waals surface area contributed by atoms with Gasteiger partial charge in [-0.1, -0.05) is 19.3 Å². The molecule has 1 unspecified atom stereocenters. The molecule has 1 saturated carbocycles. The first-order chi connectivity index (χ1) is 13.3. The van der Waals surface area contributed by atoms with Crippen molar-refractivity contribution < 1.29 is 0 Å². The fraction of sp³-hybridized carbons (Fsp3) is 0.818. The quantitative estimate of drug-likeness (QED) is 0.815. The van der Waals surface area contributed by atoms with E-state index in [0.29, 0.717) is 5.92 Å². The molecule has 27 heavy (non-hydrogen) atoms. The zero-order valence-corrected chi connectivity index (χ0v) is 16.7. The molecule has 5 nitrogen and oxygen atoms in total. The maximum absolute atomic E-state index is 4.73. The molecule has 5 fully saturated rings. The van der Waals surface area contributed by atoms with Crippen molar-refractivity contribution in [3.63, 3.8) is 0 Å². The van der Waals surface area contributed by atoms with E-state index in [1.54, 1.807) is 0 Å². The predicted molar refractivity (Wildman–Crippen MR) is 108 cm³/mol. The summed E-state index contributed by atoms with van der Waals surface area (Å²) >= 11 is 0. The van der Waals surface area contributed by atoms with Crippen LogP contribution in [0, 0.1) is 5.92 Å². The van der Waals surface area contributed by atoms with Gasteiger partial charge in [-0.2, -0.15) is 0 Å². The number of aromatic nitrogens is 2. The number of rotatable bonds is 4. The van der Waals surface area contributed by atoms with Crippen LogP contribution in [-0.2, 0) is 6.54 Å². The van der Waals surface area contributed by atoms with E-state index in [0.717, 1.165) is 24.3 Å². The Morgan fingerprint density at radius 2 is 1.52 bits per heavy atom.